The SMILES string of the molecule is Cc1c(C)c2c(c(C)c1O)CCC(C)(CCOc1cc(Cn3ccnn3)ccc1C=CC(=O)O)O2. The summed E-state index contributed by atoms with van der Waals surface area (Å²) in [6, 6.07) is 5.67. The molecule has 1 aliphatic heterocycles. The highest BCUT2D eigenvalue weighted by Gasteiger charge is 2.34. The van der Waals surface area contributed by atoms with Crippen LogP contribution in [-0.2, 0) is 17.8 Å². The molecule has 3 aromatic rings. The number of aromatic nitrogens is 3. The Labute approximate surface area is 204 Å². The molecule has 184 valence electrons. The molecule has 0 spiro atoms. The van der Waals surface area contributed by atoms with Crippen molar-refractivity contribution in [1.29, 1.82) is 0 Å². The Morgan fingerprint density at radius 2 is 2.06 bits per heavy atom. The van der Waals surface area contributed by atoms with Gasteiger partial charge in [-0.1, -0.05) is 17.3 Å². The van der Waals surface area contributed by atoms with Gasteiger partial charge in [0.2, 0.25) is 0 Å². The second-order valence-corrected chi connectivity index (χ2v) is 9.33. The minimum atomic E-state index is -1.02. The maximum Gasteiger partial charge on any atom is 0.328 e. The first-order valence-corrected chi connectivity index (χ1v) is 11.7. The quantitative estimate of drug-likeness (QED) is 0.456. The number of hydrogen-bond acceptors (Lipinski definition) is 6. The zero-order chi connectivity index (χ0) is 25.2. The summed E-state index contributed by atoms with van der Waals surface area (Å²) in [6.45, 7) is 8.85. The second-order valence-electron chi connectivity index (χ2n) is 9.33. The summed E-state index contributed by atoms with van der Waals surface area (Å²) in [4.78, 5) is 11.0. The van der Waals surface area contributed by atoms with E-state index in [0.717, 1.165) is 52.5 Å². The summed E-state index contributed by atoms with van der Waals surface area (Å²) in [5, 5.41) is 27.3. The summed E-state index contributed by atoms with van der Waals surface area (Å²) >= 11 is 0. The lowest BCUT2D eigenvalue weighted by atomic mass is 9.86. The maximum absolute atomic E-state index is 11.0. The lowest BCUT2D eigenvalue weighted by Crippen LogP contribution is -2.38. The summed E-state index contributed by atoms with van der Waals surface area (Å²) < 4.78 is 14.4. The Morgan fingerprint density at radius 3 is 2.77 bits per heavy atom. The van der Waals surface area contributed by atoms with Crippen molar-refractivity contribution in [3.05, 3.63) is 70.0 Å². The normalized spacial score (nSPS) is 17.3. The van der Waals surface area contributed by atoms with E-state index in [0.29, 0.717) is 36.6 Å². The third-order valence-electron chi connectivity index (χ3n) is 6.78. The first-order valence-electron chi connectivity index (χ1n) is 11.7. The van der Waals surface area contributed by atoms with E-state index in [9.17, 15) is 9.90 Å². The fourth-order valence-electron chi connectivity index (χ4n) is 4.45. The van der Waals surface area contributed by atoms with Crippen molar-refractivity contribution in [3.63, 3.8) is 0 Å². The molecule has 0 amide bonds. The summed E-state index contributed by atoms with van der Waals surface area (Å²) in [6.07, 6.45) is 8.33. The number of carboxylic acid groups (broad SMARTS) is 1. The molecular weight excluding hydrogens is 446 g/mol. The number of ether oxygens (including phenoxy) is 2. The van der Waals surface area contributed by atoms with Gasteiger partial charge in [0.1, 0.15) is 22.8 Å². The van der Waals surface area contributed by atoms with Crippen LogP contribution in [-0.4, -0.2) is 43.4 Å². The van der Waals surface area contributed by atoms with Crippen LogP contribution in [0.4, 0.5) is 0 Å². The van der Waals surface area contributed by atoms with Crippen LogP contribution in [0.15, 0.2) is 36.7 Å². The molecule has 1 aromatic heterocycles. The zero-order valence-electron chi connectivity index (χ0n) is 20.5. The molecule has 8 heteroatoms. The number of carboxylic acids is 1. The van der Waals surface area contributed by atoms with Gasteiger partial charge in [-0.2, -0.15) is 0 Å². The Morgan fingerprint density at radius 1 is 1.26 bits per heavy atom. The number of hydrogen-bond donors (Lipinski definition) is 2. The van der Waals surface area contributed by atoms with Crippen LogP contribution in [0.3, 0.4) is 0 Å². The summed E-state index contributed by atoms with van der Waals surface area (Å²) in [5.41, 5.74) is 5.02. The fourth-order valence-corrected chi connectivity index (χ4v) is 4.45. The van der Waals surface area contributed by atoms with Gasteiger partial charge in [0.15, 0.2) is 0 Å². The van der Waals surface area contributed by atoms with E-state index in [2.05, 4.69) is 17.2 Å². The number of nitrogens with zero attached hydrogens (tertiary/aromatic N) is 3. The van der Waals surface area contributed by atoms with Crippen molar-refractivity contribution in [2.24, 2.45) is 0 Å². The summed E-state index contributed by atoms with van der Waals surface area (Å²) in [5.74, 6) is 0.806. The van der Waals surface area contributed by atoms with Crippen molar-refractivity contribution < 1.29 is 24.5 Å². The molecule has 4 rings (SSSR count). The van der Waals surface area contributed by atoms with Crippen molar-refractivity contribution in [2.45, 2.75) is 59.1 Å². The second kappa shape index (κ2) is 9.82. The first kappa shape index (κ1) is 24.3. The van der Waals surface area contributed by atoms with Crippen molar-refractivity contribution in [2.75, 3.05) is 6.61 Å². The van der Waals surface area contributed by atoms with Gasteiger partial charge in [0.25, 0.3) is 0 Å². The first-order chi connectivity index (χ1) is 16.7. The Hall–Kier alpha value is -3.81. The molecule has 0 bridgehead atoms. The number of phenols is 1. The lowest BCUT2D eigenvalue weighted by Gasteiger charge is -2.38. The molecule has 1 atom stereocenters. The van der Waals surface area contributed by atoms with E-state index in [4.69, 9.17) is 14.6 Å². The average Bonchev–Trinajstić information content (AvgIpc) is 3.33. The maximum atomic E-state index is 11.0. The standard InChI is InChI=1S/C27H31N3O5/c1-17-18(2)26-22(19(3)25(17)33)9-10-27(4,35-26)11-14-34-23-15-20(16-30-13-12-28-29-30)5-6-21(23)7-8-24(31)32/h5-8,12-13,15,33H,9-11,14,16H2,1-4H3,(H,31,32). The highest BCUT2D eigenvalue weighted by Crippen LogP contribution is 2.44. The topological polar surface area (TPSA) is 107 Å². The highest BCUT2D eigenvalue weighted by molar-refractivity contribution is 5.85. The van der Waals surface area contributed by atoms with E-state index < -0.39 is 11.6 Å². The van der Waals surface area contributed by atoms with Gasteiger partial charge < -0.3 is 19.7 Å². The van der Waals surface area contributed by atoms with Crippen molar-refractivity contribution in [3.8, 4) is 17.2 Å². The van der Waals surface area contributed by atoms with E-state index in [1.54, 1.807) is 17.1 Å². The van der Waals surface area contributed by atoms with Crippen LogP contribution in [0.2, 0.25) is 0 Å². The molecule has 0 radical (unpaired) electrons. The predicted octanol–water partition coefficient (Wildman–Crippen LogP) is 4.61. The largest absolute Gasteiger partial charge is 0.507 e. The van der Waals surface area contributed by atoms with Gasteiger partial charge in [-0.15, -0.1) is 5.10 Å². The van der Waals surface area contributed by atoms with Crippen LogP contribution in [0.5, 0.6) is 17.2 Å². The molecular formula is C27H31N3O5. The Bertz CT molecular complexity index is 1270. The molecule has 0 aliphatic carbocycles. The lowest BCUT2D eigenvalue weighted by molar-refractivity contribution is -0.131. The van der Waals surface area contributed by atoms with E-state index in [-0.39, 0.29) is 0 Å². The van der Waals surface area contributed by atoms with Gasteiger partial charge in [0.05, 0.1) is 19.3 Å². The number of phenolic OH excluding ortho intramolecular Hbond substituents is 1. The molecule has 2 N–H and O–H groups in total. The molecule has 0 fully saturated rings. The van der Waals surface area contributed by atoms with Gasteiger partial charge in [-0.3, -0.25) is 0 Å². The minimum absolute atomic E-state index is 0.351. The number of benzene rings is 2. The smallest absolute Gasteiger partial charge is 0.328 e. The average molecular weight is 478 g/mol. The highest BCUT2D eigenvalue weighted by atomic mass is 16.5. The molecule has 1 aliphatic rings. The third-order valence-corrected chi connectivity index (χ3v) is 6.78. The molecule has 2 aromatic carbocycles. The number of aromatic hydroxyl groups is 1. The predicted molar refractivity (Wildman–Crippen MR) is 132 cm³/mol. The van der Waals surface area contributed by atoms with Crippen LogP contribution < -0.4 is 9.47 Å². The van der Waals surface area contributed by atoms with Gasteiger partial charge in [0, 0.05) is 29.8 Å². The van der Waals surface area contributed by atoms with E-state index in [1.165, 1.54) is 6.08 Å². The molecule has 0 saturated heterocycles. The van der Waals surface area contributed by atoms with Crippen LogP contribution in [0, 0.1) is 20.8 Å². The molecule has 35 heavy (non-hydrogen) atoms. The van der Waals surface area contributed by atoms with Crippen molar-refractivity contribution >= 4 is 12.0 Å². The van der Waals surface area contributed by atoms with E-state index >= 15 is 0 Å². The third kappa shape index (κ3) is 5.31. The Balaban J connectivity index is 1.50. The number of carbonyl (C=O) groups is 1. The Kier molecular flexibility index (Phi) is 6.82. The van der Waals surface area contributed by atoms with E-state index in [1.807, 2.05) is 39.0 Å². The molecule has 1 unspecified atom stereocenters. The van der Waals surface area contributed by atoms with Crippen LogP contribution in [0.1, 0.15) is 53.1 Å². The number of fused-ring (bicyclic) bond motifs is 1. The summed E-state index contributed by atoms with van der Waals surface area (Å²) in [7, 11) is 0. The number of rotatable bonds is 8. The number of aliphatic carboxylic acids is 1. The van der Waals surface area contributed by atoms with Gasteiger partial charge in [-0.05, 0) is 74.9 Å². The van der Waals surface area contributed by atoms with Crippen molar-refractivity contribution in [1.82, 2.24) is 15.0 Å². The monoisotopic (exact) mass is 477 g/mol. The van der Waals surface area contributed by atoms with Crippen LogP contribution in [0.25, 0.3) is 6.08 Å². The molecule has 2 heterocycles. The fraction of sp³-hybridized carbons (Fsp3) is 0.370. The molecule has 0 saturated carbocycles. The molecule has 8 nitrogen and oxygen atoms in total. The van der Waals surface area contributed by atoms with Crippen LogP contribution >= 0.6 is 0 Å². The zero-order valence-corrected chi connectivity index (χ0v) is 20.5. The van der Waals surface area contributed by atoms with Gasteiger partial charge >= 0.3 is 5.97 Å². The van der Waals surface area contributed by atoms with Gasteiger partial charge in [-0.25, -0.2) is 9.48 Å². The minimum Gasteiger partial charge on any atom is -0.507 e.